The van der Waals surface area contributed by atoms with Crippen molar-refractivity contribution in [3.63, 3.8) is 0 Å². The molecule has 0 radical (unpaired) electrons. The molecule has 1 aromatic heterocycles. The third-order valence-electron chi connectivity index (χ3n) is 2.50. The molecule has 1 unspecified atom stereocenters. The normalized spacial score (nSPS) is 14.4. The van der Waals surface area contributed by atoms with Crippen molar-refractivity contribution in [1.82, 2.24) is 15.3 Å². The topological polar surface area (TPSA) is 80.9 Å². The number of carbonyl (C=O) groups is 1. The standard InChI is InChI=1S/C10H16N4OS/c1-10(12-2,9(11)15)4-6-16-8-3-5-13-7-14-8/h3,5,7,12H,4,6H2,1-2H3,(H2,11,15). The smallest absolute Gasteiger partial charge is 0.237 e. The van der Waals surface area contributed by atoms with Gasteiger partial charge in [0.1, 0.15) is 6.33 Å². The molecule has 88 valence electrons. The lowest BCUT2D eigenvalue weighted by Gasteiger charge is -2.24. The summed E-state index contributed by atoms with van der Waals surface area (Å²) in [6.07, 6.45) is 3.86. The minimum Gasteiger partial charge on any atom is -0.368 e. The lowest BCUT2D eigenvalue weighted by Crippen LogP contribution is -2.51. The molecular formula is C10H16N4OS. The van der Waals surface area contributed by atoms with Crippen molar-refractivity contribution in [3.8, 4) is 0 Å². The van der Waals surface area contributed by atoms with Crippen LogP contribution in [0.4, 0.5) is 0 Å². The molecule has 1 atom stereocenters. The highest BCUT2D eigenvalue weighted by atomic mass is 32.2. The molecule has 0 aliphatic carbocycles. The highest BCUT2D eigenvalue weighted by Gasteiger charge is 2.28. The third-order valence-corrected chi connectivity index (χ3v) is 3.45. The van der Waals surface area contributed by atoms with Gasteiger partial charge in [-0.15, -0.1) is 11.8 Å². The predicted molar refractivity (Wildman–Crippen MR) is 64.0 cm³/mol. The molecule has 0 aliphatic heterocycles. The molecule has 1 heterocycles. The summed E-state index contributed by atoms with van der Waals surface area (Å²) in [4.78, 5) is 19.1. The zero-order valence-electron chi connectivity index (χ0n) is 9.43. The number of aromatic nitrogens is 2. The van der Waals surface area contributed by atoms with Crippen LogP contribution in [0.3, 0.4) is 0 Å². The summed E-state index contributed by atoms with van der Waals surface area (Å²) >= 11 is 1.58. The van der Waals surface area contributed by atoms with Crippen molar-refractivity contribution in [1.29, 1.82) is 0 Å². The Labute approximate surface area is 99.2 Å². The van der Waals surface area contributed by atoms with Crippen LogP contribution in [0.15, 0.2) is 23.6 Å². The number of carbonyl (C=O) groups excluding carboxylic acids is 1. The van der Waals surface area contributed by atoms with E-state index in [2.05, 4.69) is 15.3 Å². The summed E-state index contributed by atoms with van der Waals surface area (Å²) in [5.74, 6) is 0.440. The first-order valence-corrected chi connectivity index (χ1v) is 5.94. The monoisotopic (exact) mass is 240 g/mol. The van der Waals surface area contributed by atoms with Crippen molar-refractivity contribution in [3.05, 3.63) is 18.6 Å². The lowest BCUT2D eigenvalue weighted by molar-refractivity contribution is -0.123. The van der Waals surface area contributed by atoms with E-state index >= 15 is 0 Å². The number of nitrogens with one attached hydrogen (secondary N) is 1. The highest BCUT2D eigenvalue weighted by Crippen LogP contribution is 2.19. The Bertz CT molecular complexity index is 346. The Morgan fingerprint density at radius 3 is 2.94 bits per heavy atom. The number of amides is 1. The first kappa shape index (κ1) is 12.9. The molecular weight excluding hydrogens is 224 g/mol. The minimum absolute atomic E-state index is 0.335. The van der Waals surface area contributed by atoms with Crippen molar-refractivity contribution >= 4 is 17.7 Å². The van der Waals surface area contributed by atoms with Gasteiger partial charge in [-0.25, -0.2) is 9.97 Å². The molecule has 1 amide bonds. The first-order chi connectivity index (χ1) is 7.58. The average molecular weight is 240 g/mol. The van der Waals surface area contributed by atoms with Gasteiger partial charge in [0.15, 0.2) is 0 Å². The van der Waals surface area contributed by atoms with E-state index in [-0.39, 0.29) is 5.91 Å². The summed E-state index contributed by atoms with van der Waals surface area (Å²) in [7, 11) is 1.74. The summed E-state index contributed by atoms with van der Waals surface area (Å²) in [6, 6.07) is 1.84. The van der Waals surface area contributed by atoms with E-state index in [9.17, 15) is 4.79 Å². The largest absolute Gasteiger partial charge is 0.368 e. The number of likely N-dealkylation sites (N-methyl/N-ethyl adjacent to an activating group) is 1. The number of hydrogen-bond donors (Lipinski definition) is 2. The lowest BCUT2D eigenvalue weighted by atomic mass is 9.99. The van der Waals surface area contributed by atoms with Crippen molar-refractivity contribution in [2.75, 3.05) is 12.8 Å². The van der Waals surface area contributed by atoms with Crippen LogP contribution in [0.2, 0.25) is 0 Å². The molecule has 1 aromatic rings. The molecule has 1 rings (SSSR count). The Morgan fingerprint density at radius 1 is 1.69 bits per heavy atom. The summed E-state index contributed by atoms with van der Waals surface area (Å²) in [5.41, 5.74) is 4.67. The van der Waals surface area contributed by atoms with Gasteiger partial charge in [-0.3, -0.25) is 4.79 Å². The van der Waals surface area contributed by atoms with Crippen LogP contribution in [0, 0.1) is 0 Å². The van der Waals surface area contributed by atoms with Crippen LogP contribution in [0.5, 0.6) is 0 Å². The Balaban J connectivity index is 2.43. The average Bonchev–Trinajstić information content (AvgIpc) is 2.30. The molecule has 16 heavy (non-hydrogen) atoms. The van der Waals surface area contributed by atoms with E-state index in [1.54, 1.807) is 31.9 Å². The van der Waals surface area contributed by atoms with Crippen molar-refractivity contribution < 1.29 is 4.79 Å². The molecule has 3 N–H and O–H groups in total. The number of primary amides is 1. The van der Waals surface area contributed by atoms with E-state index in [0.29, 0.717) is 6.42 Å². The number of thioether (sulfide) groups is 1. The summed E-state index contributed by atoms with van der Waals surface area (Å²) in [6.45, 7) is 1.80. The Morgan fingerprint density at radius 2 is 2.44 bits per heavy atom. The maximum Gasteiger partial charge on any atom is 0.237 e. The summed E-state index contributed by atoms with van der Waals surface area (Å²) < 4.78 is 0. The third kappa shape index (κ3) is 3.46. The number of nitrogens with two attached hydrogens (primary N) is 1. The SMILES string of the molecule is CNC(C)(CCSc1ccncn1)C(N)=O. The molecule has 0 spiro atoms. The Kier molecular flexibility index (Phi) is 4.70. The van der Waals surface area contributed by atoms with Crippen molar-refractivity contribution in [2.24, 2.45) is 5.73 Å². The van der Waals surface area contributed by atoms with Crippen molar-refractivity contribution in [2.45, 2.75) is 23.9 Å². The molecule has 0 saturated heterocycles. The van der Waals surface area contributed by atoms with E-state index in [4.69, 9.17) is 5.73 Å². The van der Waals surface area contributed by atoms with Gasteiger partial charge in [-0.05, 0) is 26.5 Å². The quantitative estimate of drug-likeness (QED) is 0.556. The van der Waals surface area contributed by atoms with Gasteiger partial charge in [-0.2, -0.15) is 0 Å². The van der Waals surface area contributed by atoms with E-state index in [1.165, 1.54) is 6.33 Å². The fraction of sp³-hybridized carbons (Fsp3) is 0.500. The number of nitrogens with zero attached hydrogens (tertiary/aromatic N) is 2. The fourth-order valence-corrected chi connectivity index (χ4v) is 2.09. The van der Waals surface area contributed by atoms with Gasteiger partial charge >= 0.3 is 0 Å². The van der Waals surface area contributed by atoms with Gasteiger partial charge in [0.25, 0.3) is 0 Å². The second-order valence-corrected chi connectivity index (χ2v) is 4.71. The highest BCUT2D eigenvalue weighted by molar-refractivity contribution is 7.99. The van der Waals surface area contributed by atoms with Crippen LogP contribution < -0.4 is 11.1 Å². The fourth-order valence-electron chi connectivity index (χ4n) is 1.10. The van der Waals surface area contributed by atoms with Crippen LogP contribution in [0.25, 0.3) is 0 Å². The molecule has 6 heteroatoms. The van der Waals surface area contributed by atoms with Crippen LogP contribution in [0.1, 0.15) is 13.3 Å². The Hall–Kier alpha value is -1.14. The second kappa shape index (κ2) is 5.81. The molecule has 0 bridgehead atoms. The van der Waals surface area contributed by atoms with E-state index in [1.807, 2.05) is 6.07 Å². The van der Waals surface area contributed by atoms with Crippen LogP contribution >= 0.6 is 11.8 Å². The molecule has 5 nitrogen and oxygen atoms in total. The van der Waals surface area contributed by atoms with Gasteiger partial charge in [0.2, 0.25) is 5.91 Å². The first-order valence-electron chi connectivity index (χ1n) is 4.96. The van der Waals surface area contributed by atoms with Crippen LogP contribution in [-0.2, 0) is 4.79 Å². The van der Waals surface area contributed by atoms with Gasteiger partial charge < -0.3 is 11.1 Å². The number of hydrogen-bond acceptors (Lipinski definition) is 5. The molecule has 0 aromatic carbocycles. The van der Waals surface area contributed by atoms with Gasteiger partial charge in [0, 0.05) is 11.9 Å². The number of rotatable bonds is 6. The molecule has 0 saturated carbocycles. The minimum atomic E-state index is -0.653. The maximum atomic E-state index is 11.2. The van der Waals surface area contributed by atoms with Gasteiger partial charge in [-0.1, -0.05) is 0 Å². The second-order valence-electron chi connectivity index (χ2n) is 3.59. The predicted octanol–water partition coefficient (Wildman–Crippen LogP) is 0.422. The zero-order chi connectivity index (χ0) is 12.0. The molecule has 0 aliphatic rings. The summed E-state index contributed by atoms with van der Waals surface area (Å²) in [5, 5.41) is 3.84. The molecule has 0 fully saturated rings. The van der Waals surface area contributed by atoms with Crippen LogP contribution in [-0.4, -0.2) is 34.2 Å². The maximum absolute atomic E-state index is 11.2. The van der Waals surface area contributed by atoms with Gasteiger partial charge in [0.05, 0.1) is 10.6 Å². The van der Waals surface area contributed by atoms with E-state index < -0.39 is 5.54 Å². The zero-order valence-corrected chi connectivity index (χ0v) is 10.3. The van der Waals surface area contributed by atoms with E-state index in [0.717, 1.165) is 10.8 Å².